The van der Waals surface area contributed by atoms with Gasteiger partial charge in [-0.05, 0) is 39.8 Å². The molecule has 0 unspecified atom stereocenters. The van der Waals surface area contributed by atoms with Crippen molar-refractivity contribution in [1.82, 2.24) is 10.1 Å². The number of aryl methyl sites for hydroxylation is 2. The van der Waals surface area contributed by atoms with E-state index in [-0.39, 0.29) is 12.4 Å². The summed E-state index contributed by atoms with van der Waals surface area (Å²) in [6, 6.07) is 0. The van der Waals surface area contributed by atoms with Gasteiger partial charge in [-0.2, -0.15) is 0 Å². The maximum Gasteiger partial charge on any atom is 0.138 e. The Morgan fingerprint density at radius 3 is 2.40 bits per heavy atom. The van der Waals surface area contributed by atoms with Crippen LogP contribution in [0.15, 0.2) is 4.52 Å². The van der Waals surface area contributed by atoms with Crippen molar-refractivity contribution in [2.24, 2.45) is 0 Å². The monoisotopic (exact) mass is 230 g/mol. The molecule has 1 saturated heterocycles. The van der Waals surface area contributed by atoms with Crippen LogP contribution < -0.4 is 0 Å². The number of halogens is 1. The molecule has 1 aliphatic rings. The van der Waals surface area contributed by atoms with Gasteiger partial charge in [0.25, 0.3) is 0 Å². The molecule has 0 atom stereocenters. The van der Waals surface area contributed by atoms with Crippen LogP contribution >= 0.6 is 12.4 Å². The largest absolute Gasteiger partial charge is 0.361 e. The van der Waals surface area contributed by atoms with Crippen molar-refractivity contribution in [2.75, 3.05) is 13.1 Å². The molecule has 0 saturated carbocycles. The summed E-state index contributed by atoms with van der Waals surface area (Å²) in [5.74, 6) is 0.980. The zero-order valence-corrected chi connectivity index (χ0v) is 10.3. The Balaban J connectivity index is 0.00000112. The number of hydrogen-bond acceptors (Lipinski definition) is 3. The van der Waals surface area contributed by atoms with E-state index in [9.17, 15) is 0 Å². The standard InChI is InChI=1S/C11H18N2O.ClH/c1-9-11(10(2)14-12-9)8-13-6-4-3-5-7-13;/h3-8H2,1-2H3;1H. The molecule has 4 heteroatoms. The summed E-state index contributed by atoms with van der Waals surface area (Å²) in [4.78, 5) is 2.50. The topological polar surface area (TPSA) is 29.3 Å². The highest BCUT2D eigenvalue weighted by Gasteiger charge is 2.15. The van der Waals surface area contributed by atoms with Gasteiger partial charge in [0.05, 0.1) is 5.69 Å². The normalized spacial score (nSPS) is 17.5. The molecule has 1 aromatic rings. The second kappa shape index (κ2) is 5.52. The van der Waals surface area contributed by atoms with E-state index in [1.54, 1.807) is 0 Å². The van der Waals surface area contributed by atoms with Gasteiger partial charge < -0.3 is 4.52 Å². The predicted molar refractivity (Wildman–Crippen MR) is 62.4 cm³/mol. The minimum atomic E-state index is 0. The summed E-state index contributed by atoms with van der Waals surface area (Å²) in [6.07, 6.45) is 4.06. The molecule has 1 aliphatic heterocycles. The first-order chi connectivity index (χ1) is 6.77. The van der Waals surface area contributed by atoms with Crippen LogP contribution in [0.1, 0.15) is 36.3 Å². The van der Waals surface area contributed by atoms with Gasteiger partial charge in [-0.1, -0.05) is 11.6 Å². The highest BCUT2D eigenvalue weighted by Crippen LogP contribution is 2.17. The highest BCUT2D eigenvalue weighted by atomic mass is 35.5. The lowest BCUT2D eigenvalue weighted by atomic mass is 10.1. The van der Waals surface area contributed by atoms with E-state index in [1.165, 1.54) is 37.9 Å². The average molecular weight is 231 g/mol. The van der Waals surface area contributed by atoms with E-state index < -0.39 is 0 Å². The average Bonchev–Trinajstić information content (AvgIpc) is 2.51. The number of hydrogen-bond donors (Lipinski definition) is 0. The summed E-state index contributed by atoms with van der Waals surface area (Å²) in [7, 11) is 0. The van der Waals surface area contributed by atoms with Gasteiger partial charge in [-0.25, -0.2) is 0 Å². The molecule has 15 heavy (non-hydrogen) atoms. The molecular formula is C11H19ClN2O. The van der Waals surface area contributed by atoms with Crippen LogP contribution in [0.5, 0.6) is 0 Å². The minimum absolute atomic E-state index is 0. The number of piperidine rings is 1. The molecule has 2 rings (SSSR count). The molecular weight excluding hydrogens is 212 g/mol. The second-order valence-corrected chi connectivity index (χ2v) is 4.14. The number of likely N-dealkylation sites (tertiary alicyclic amines) is 1. The molecule has 0 amide bonds. The highest BCUT2D eigenvalue weighted by molar-refractivity contribution is 5.85. The predicted octanol–water partition coefficient (Wildman–Crippen LogP) is 2.70. The molecule has 1 aromatic heterocycles. The van der Waals surface area contributed by atoms with Gasteiger partial charge >= 0.3 is 0 Å². The minimum Gasteiger partial charge on any atom is -0.361 e. The first kappa shape index (κ1) is 12.5. The van der Waals surface area contributed by atoms with Crippen molar-refractivity contribution in [2.45, 2.75) is 39.7 Å². The van der Waals surface area contributed by atoms with Gasteiger partial charge in [0.15, 0.2) is 0 Å². The Labute approximate surface area is 97.2 Å². The summed E-state index contributed by atoms with van der Waals surface area (Å²) in [6.45, 7) is 7.49. The number of rotatable bonds is 2. The molecule has 0 radical (unpaired) electrons. The Bertz CT molecular complexity index is 286. The second-order valence-electron chi connectivity index (χ2n) is 4.14. The van der Waals surface area contributed by atoms with E-state index in [0.29, 0.717) is 0 Å². The van der Waals surface area contributed by atoms with Gasteiger partial charge in [0.2, 0.25) is 0 Å². The fourth-order valence-electron chi connectivity index (χ4n) is 2.07. The lowest BCUT2D eigenvalue weighted by molar-refractivity contribution is 0.219. The van der Waals surface area contributed by atoms with Crippen molar-refractivity contribution in [1.29, 1.82) is 0 Å². The lowest BCUT2D eigenvalue weighted by Crippen LogP contribution is -2.29. The Kier molecular flexibility index (Phi) is 4.61. The molecule has 0 bridgehead atoms. The van der Waals surface area contributed by atoms with E-state index in [4.69, 9.17) is 4.52 Å². The van der Waals surface area contributed by atoms with Crippen molar-refractivity contribution >= 4 is 12.4 Å². The number of aromatic nitrogens is 1. The molecule has 0 spiro atoms. The summed E-state index contributed by atoms with van der Waals surface area (Å²) >= 11 is 0. The van der Waals surface area contributed by atoms with Crippen LogP contribution in [0.4, 0.5) is 0 Å². The van der Waals surface area contributed by atoms with Crippen LogP contribution in [-0.4, -0.2) is 23.1 Å². The van der Waals surface area contributed by atoms with Gasteiger partial charge in [-0.15, -0.1) is 12.4 Å². The molecule has 2 heterocycles. The quantitative estimate of drug-likeness (QED) is 0.783. The molecule has 0 aromatic carbocycles. The van der Waals surface area contributed by atoms with Crippen LogP contribution in [-0.2, 0) is 6.54 Å². The Morgan fingerprint density at radius 1 is 1.20 bits per heavy atom. The fourth-order valence-corrected chi connectivity index (χ4v) is 2.07. The fraction of sp³-hybridized carbons (Fsp3) is 0.727. The van der Waals surface area contributed by atoms with Crippen molar-refractivity contribution in [3.63, 3.8) is 0 Å². The van der Waals surface area contributed by atoms with Crippen LogP contribution in [0.3, 0.4) is 0 Å². The van der Waals surface area contributed by atoms with Crippen LogP contribution in [0.2, 0.25) is 0 Å². The Hall–Kier alpha value is -0.540. The Morgan fingerprint density at radius 2 is 1.87 bits per heavy atom. The van der Waals surface area contributed by atoms with Crippen molar-refractivity contribution in [3.8, 4) is 0 Å². The van der Waals surface area contributed by atoms with Crippen LogP contribution in [0, 0.1) is 13.8 Å². The molecule has 86 valence electrons. The van der Waals surface area contributed by atoms with Gasteiger partial charge in [0.1, 0.15) is 5.76 Å². The molecule has 0 aliphatic carbocycles. The van der Waals surface area contributed by atoms with Gasteiger partial charge in [-0.3, -0.25) is 4.90 Å². The molecule has 0 N–H and O–H groups in total. The smallest absolute Gasteiger partial charge is 0.138 e. The van der Waals surface area contributed by atoms with E-state index in [2.05, 4.69) is 10.1 Å². The third-order valence-electron chi connectivity index (χ3n) is 3.01. The summed E-state index contributed by atoms with van der Waals surface area (Å²) < 4.78 is 5.16. The SMILES string of the molecule is Cc1noc(C)c1CN1CCCCC1.Cl. The van der Waals surface area contributed by atoms with Gasteiger partial charge in [0, 0.05) is 12.1 Å². The molecule has 1 fully saturated rings. The summed E-state index contributed by atoms with van der Waals surface area (Å²) in [5, 5.41) is 3.98. The first-order valence-corrected chi connectivity index (χ1v) is 5.41. The number of nitrogens with zero attached hydrogens (tertiary/aromatic N) is 2. The van der Waals surface area contributed by atoms with Crippen molar-refractivity contribution in [3.05, 3.63) is 17.0 Å². The van der Waals surface area contributed by atoms with E-state index in [0.717, 1.165) is 18.0 Å². The third kappa shape index (κ3) is 2.95. The summed E-state index contributed by atoms with van der Waals surface area (Å²) in [5.41, 5.74) is 2.33. The maximum absolute atomic E-state index is 5.16. The zero-order chi connectivity index (χ0) is 9.97. The molecule has 3 nitrogen and oxygen atoms in total. The maximum atomic E-state index is 5.16. The van der Waals surface area contributed by atoms with E-state index in [1.807, 2.05) is 13.8 Å². The van der Waals surface area contributed by atoms with Crippen molar-refractivity contribution < 1.29 is 4.52 Å². The van der Waals surface area contributed by atoms with E-state index >= 15 is 0 Å². The van der Waals surface area contributed by atoms with Crippen LogP contribution in [0.25, 0.3) is 0 Å². The third-order valence-corrected chi connectivity index (χ3v) is 3.01. The zero-order valence-electron chi connectivity index (χ0n) is 9.45. The lowest BCUT2D eigenvalue weighted by Gasteiger charge is -2.26. The first-order valence-electron chi connectivity index (χ1n) is 5.41.